The fourth-order valence-electron chi connectivity index (χ4n) is 1.69. The normalized spacial score (nSPS) is 13.7. The summed E-state index contributed by atoms with van der Waals surface area (Å²) in [4.78, 5) is 0.124. The number of hydrogen-bond acceptors (Lipinski definition) is 3. The van der Waals surface area contributed by atoms with Gasteiger partial charge in [-0.2, -0.15) is 0 Å². The molecule has 0 aliphatic heterocycles. The third kappa shape index (κ3) is 3.24. The van der Waals surface area contributed by atoms with Crippen molar-refractivity contribution in [2.24, 2.45) is 5.73 Å². The van der Waals surface area contributed by atoms with Crippen molar-refractivity contribution in [2.75, 3.05) is 6.54 Å². The summed E-state index contributed by atoms with van der Waals surface area (Å²) in [6.07, 6.45) is 0. The van der Waals surface area contributed by atoms with Crippen molar-refractivity contribution < 1.29 is 12.8 Å². The number of hydrogen-bond donors (Lipinski definition) is 2. The summed E-state index contributed by atoms with van der Waals surface area (Å²) in [5, 5.41) is 0. The number of halogens is 1. The lowest BCUT2D eigenvalue weighted by atomic mass is 10.1. The molecule has 6 heteroatoms. The van der Waals surface area contributed by atoms with Crippen molar-refractivity contribution in [3.05, 3.63) is 29.1 Å². The zero-order valence-corrected chi connectivity index (χ0v) is 10.9. The van der Waals surface area contributed by atoms with Crippen LogP contribution in [0, 0.1) is 19.7 Å². The highest BCUT2D eigenvalue weighted by atomic mass is 32.2. The van der Waals surface area contributed by atoms with Crippen molar-refractivity contribution in [3.8, 4) is 0 Å². The quantitative estimate of drug-likeness (QED) is 0.850. The van der Waals surface area contributed by atoms with Gasteiger partial charge in [0, 0.05) is 12.6 Å². The Bertz CT molecular complexity index is 491. The van der Waals surface area contributed by atoms with Crippen molar-refractivity contribution in [3.63, 3.8) is 0 Å². The van der Waals surface area contributed by atoms with Gasteiger partial charge < -0.3 is 5.73 Å². The van der Waals surface area contributed by atoms with Crippen molar-refractivity contribution in [1.82, 2.24) is 4.72 Å². The summed E-state index contributed by atoms with van der Waals surface area (Å²) < 4.78 is 39.7. The van der Waals surface area contributed by atoms with Gasteiger partial charge in [0.15, 0.2) is 0 Å². The van der Waals surface area contributed by atoms with Gasteiger partial charge in [-0.15, -0.1) is 0 Å². The summed E-state index contributed by atoms with van der Waals surface area (Å²) in [6, 6.07) is 2.05. The Hall–Kier alpha value is -0.980. The first kappa shape index (κ1) is 14.1. The zero-order chi connectivity index (χ0) is 13.2. The predicted molar refractivity (Wildman–Crippen MR) is 64.7 cm³/mol. The Balaban J connectivity index is 3.25. The minimum absolute atomic E-state index is 0.124. The number of rotatable bonds is 4. The van der Waals surface area contributed by atoms with Crippen LogP contribution in [0.15, 0.2) is 17.0 Å². The van der Waals surface area contributed by atoms with E-state index in [4.69, 9.17) is 5.73 Å². The van der Waals surface area contributed by atoms with E-state index in [0.29, 0.717) is 11.1 Å². The molecule has 0 saturated carbocycles. The van der Waals surface area contributed by atoms with E-state index in [-0.39, 0.29) is 17.5 Å². The van der Waals surface area contributed by atoms with Gasteiger partial charge in [-0.3, -0.25) is 0 Å². The average molecular weight is 260 g/mol. The van der Waals surface area contributed by atoms with E-state index < -0.39 is 15.8 Å². The van der Waals surface area contributed by atoms with Crippen molar-refractivity contribution in [2.45, 2.75) is 31.7 Å². The van der Waals surface area contributed by atoms with Crippen LogP contribution >= 0.6 is 0 Å². The van der Waals surface area contributed by atoms with Crippen LogP contribution in [0.25, 0.3) is 0 Å². The molecule has 0 spiro atoms. The number of nitrogens with one attached hydrogen (secondary N) is 1. The molecule has 0 saturated heterocycles. The van der Waals surface area contributed by atoms with E-state index in [1.807, 2.05) is 0 Å². The third-order valence-electron chi connectivity index (χ3n) is 2.40. The summed E-state index contributed by atoms with van der Waals surface area (Å²) in [5.74, 6) is -0.439. The zero-order valence-electron chi connectivity index (χ0n) is 10.1. The SMILES string of the molecule is Cc1cc(F)cc(C)c1S(=O)(=O)N[C@H](C)CN. The van der Waals surface area contributed by atoms with Gasteiger partial charge >= 0.3 is 0 Å². The van der Waals surface area contributed by atoms with Crippen LogP contribution < -0.4 is 10.5 Å². The predicted octanol–water partition coefficient (Wildman–Crippen LogP) is 1.07. The Morgan fingerprint density at radius 1 is 1.35 bits per heavy atom. The molecular formula is C11H17FN2O2S. The highest BCUT2D eigenvalue weighted by Crippen LogP contribution is 2.21. The molecule has 0 fully saturated rings. The third-order valence-corrected chi connectivity index (χ3v) is 4.30. The summed E-state index contributed by atoms with van der Waals surface area (Å²) in [6.45, 7) is 5.01. The van der Waals surface area contributed by atoms with E-state index in [9.17, 15) is 12.8 Å². The second kappa shape index (κ2) is 5.12. The molecule has 1 rings (SSSR count). The highest BCUT2D eigenvalue weighted by Gasteiger charge is 2.21. The first-order valence-electron chi connectivity index (χ1n) is 5.27. The van der Waals surface area contributed by atoms with Crippen LogP contribution in [0.2, 0.25) is 0 Å². The van der Waals surface area contributed by atoms with Gasteiger partial charge in [-0.05, 0) is 44.0 Å². The average Bonchev–Trinajstić information content (AvgIpc) is 2.14. The molecular weight excluding hydrogens is 243 g/mol. The second-order valence-electron chi connectivity index (χ2n) is 4.13. The smallest absolute Gasteiger partial charge is 0.241 e. The van der Waals surface area contributed by atoms with Crippen LogP contribution in [0.3, 0.4) is 0 Å². The molecule has 0 bridgehead atoms. The van der Waals surface area contributed by atoms with E-state index in [0.717, 1.165) is 0 Å². The molecule has 0 radical (unpaired) electrons. The molecule has 0 aromatic heterocycles. The lowest BCUT2D eigenvalue weighted by Gasteiger charge is -2.15. The second-order valence-corrected chi connectivity index (χ2v) is 5.78. The monoisotopic (exact) mass is 260 g/mol. The Labute approximate surface area is 101 Å². The van der Waals surface area contributed by atoms with Gasteiger partial charge in [0.05, 0.1) is 4.90 Å². The molecule has 1 aromatic carbocycles. The lowest BCUT2D eigenvalue weighted by Crippen LogP contribution is -2.38. The molecule has 96 valence electrons. The summed E-state index contributed by atoms with van der Waals surface area (Å²) in [7, 11) is -3.65. The molecule has 0 heterocycles. The maximum absolute atomic E-state index is 13.1. The van der Waals surface area contributed by atoms with Crippen LogP contribution in [0.5, 0.6) is 0 Å². The Kier molecular flexibility index (Phi) is 4.24. The molecule has 17 heavy (non-hydrogen) atoms. The summed E-state index contributed by atoms with van der Waals surface area (Å²) in [5.41, 5.74) is 6.15. The highest BCUT2D eigenvalue weighted by molar-refractivity contribution is 7.89. The van der Waals surface area contributed by atoms with E-state index in [1.165, 1.54) is 12.1 Å². The van der Waals surface area contributed by atoms with Gasteiger partial charge in [0.2, 0.25) is 10.0 Å². The first-order chi connectivity index (χ1) is 7.77. The maximum Gasteiger partial charge on any atom is 0.241 e. The molecule has 0 aliphatic carbocycles. The van der Waals surface area contributed by atoms with Crippen molar-refractivity contribution >= 4 is 10.0 Å². The number of sulfonamides is 1. The molecule has 1 aromatic rings. The van der Waals surface area contributed by atoms with E-state index in [2.05, 4.69) is 4.72 Å². The molecule has 0 unspecified atom stereocenters. The number of nitrogens with two attached hydrogens (primary N) is 1. The van der Waals surface area contributed by atoms with Crippen molar-refractivity contribution in [1.29, 1.82) is 0 Å². The minimum Gasteiger partial charge on any atom is -0.329 e. The first-order valence-corrected chi connectivity index (χ1v) is 6.75. The Morgan fingerprint density at radius 3 is 2.24 bits per heavy atom. The Morgan fingerprint density at radius 2 is 1.82 bits per heavy atom. The van der Waals surface area contributed by atoms with E-state index in [1.54, 1.807) is 20.8 Å². The minimum atomic E-state index is -3.65. The largest absolute Gasteiger partial charge is 0.329 e. The molecule has 3 N–H and O–H groups in total. The molecule has 0 aliphatic rings. The van der Waals surface area contributed by atoms with Gasteiger partial charge in [-0.1, -0.05) is 0 Å². The standard InChI is InChI=1S/C11H17FN2O2S/c1-7-4-10(12)5-8(2)11(7)17(15,16)14-9(3)6-13/h4-5,9,14H,6,13H2,1-3H3/t9-/m1/s1. The van der Waals surface area contributed by atoms with Gasteiger partial charge in [0.25, 0.3) is 0 Å². The van der Waals surface area contributed by atoms with Crippen LogP contribution in [0.1, 0.15) is 18.1 Å². The van der Waals surface area contributed by atoms with Gasteiger partial charge in [-0.25, -0.2) is 17.5 Å². The molecule has 1 atom stereocenters. The maximum atomic E-state index is 13.1. The lowest BCUT2D eigenvalue weighted by molar-refractivity contribution is 0.560. The van der Waals surface area contributed by atoms with Crippen LogP contribution in [-0.4, -0.2) is 21.0 Å². The number of benzene rings is 1. The van der Waals surface area contributed by atoms with E-state index >= 15 is 0 Å². The molecule has 4 nitrogen and oxygen atoms in total. The fraction of sp³-hybridized carbons (Fsp3) is 0.455. The topological polar surface area (TPSA) is 72.2 Å². The molecule has 0 amide bonds. The number of aryl methyl sites for hydroxylation is 2. The van der Waals surface area contributed by atoms with Crippen LogP contribution in [-0.2, 0) is 10.0 Å². The fourth-order valence-corrected chi connectivity index (χ4v) is 3.40. The van der Waals surface area contributed by atoms with Gasteiger partial charge in [0.1, 0.15) is 5.82 Å². The van der Waals surface area contributed by atoms with Crippen LogP contribution in [0.4, 0.5) is 4.39 Å². The summed E-state index contributed by atoms with van der Waals surface area (Å²) >= 11 is 0.